The molecule has 1 saturated heterocycles. The average Bonchev–Trinajstić information content (AvgIpc) is 3.24. The summed E-state index contributed by atoms with van der Waals surface area (Å²) in [6.45, 7) is 5.16. The first-order valence-corrected chi connectivity index (χ1v) is 11.6. The Labute approximate surface area is 199 Å². The molecule has 0 saturated carbocycles. The van der Waals surface area contributed by atoms with E-state index in [4.69, 9.17) is 15.5 Å². The van der Waals surface area contributed by atoms with Gasteiger partial charge in [-0.1, -0.05) is 6.92 Å². The van der Waals surface area contributed by atoms with Crippen LogP contribution in [0.2, 0.25) is 0 Å². The Morgan fingerprint density at radius 1 is 1.41 bits per heavy atom. The van der Waals surface area contributed by atoms with Gasteiger partial charge in [-0.25, -0.2) is 14.4 Å². The molecule has 2 aliphatic rings. The maximum Gasteiger partial charge on any atom is 0.213 e. The molecule has 2 aliphatic heterocycles. The Bertz CT molecular complexity index is 1120. The fourth-order valence-corrected chi connectivity index (χ4v) is 5.07. The van der Waals surface area contributed by atoms with E-state index in [-0.39, 0.29) is 5.54 Å². The van der Waals surface area contributed by atoms with E-state index in [0.29, 0.717) is 24.5 Å². The molecule has 34 heavy (non-hydrogen) atoms. The van der Waals surface area contributed by atoms with E-state index in [9.17, 15) is 9.50 Å². The van der Waals surface area contributed by atoms with Crippen molar-refractivity contribution in [3.05, 3.63) is 52.7 Å². The molecule has 8 nitrogen and oxygen atoms in total. The highest BCUT2D eigenvalue weighted by atomic mass is 19.1. The number of aryl methyl sites for hydroxylation is 2. The van der Waals surface area contributed by atoms with Crippen LogP contribution < -0.4 is 15.8 Å². The van der Waals surface area contributed by atoms with Crippen molar-refractivity contribution >= 4 is 17.6 Å². The van der Waals surface area contributed by atoms with Gasteiger partial charge in [-0.05, 0) is 37.8 Å². The minimum absolute atomic E-state index is 0.180. The Morgan fingerprint density at radius 3 is 2.91 bits per heavy atom. The molecular formula is C25H33FN6O2. The van der Waals surface area contributed by atoms with Crippen LogP contribution in [0.3, 0.4) is 0 Å². The standard InChI is InChI=1S/C25H33FN6O2/c1-15(19-10-22(34-4)29-13-21(19)26)24(33)32-8-7-25(14-32)6-5-17-9-20(18(11-27)12-28-3)16(2)30-23(17)31-25/h9-13,15,24,33H,5-8,14,27H2,1-4H3,(H,30,31)/t15-,24?,25+/m1/s1. The number of likely N-dealkylation sites (tertiary alicyclic amines) is 1. The van der Waals surface area contributed by atoms with Crippen LogP contribution in [0.25, 0.3) is 5.57 Å². The predicted molar refractivity (Wildman–Crippen MR) is 132 cm³/mol. The number of fused-ring (bicyclic) bond motifs is 1. The van der Waals surface area contributed by atoms with Gasteiger partial charge in [0.15, 0.2) is 0 Å². The quantitative estimate of drug-likeness (QED) is 0.560. The number of methoxy groups -OCH3 is 1. The van der Waals surface area contributed by atoms with Crippen LogP contribution >= 0.6 is 0 Å². The van der Waals surface area contributed by atoms with E-state index < -0.39 is 18.0 Å². The topological polar surface area (TPSA) is 109 Å². The maximum atomic E-state index is 14.4. The number of aliphatic hydroxyl groups excluding tert-OH is 1. The maximum absolute atomic E-state index is 14.4. The highest BCUT2D eigenvalue weighted by Gasteiger charge is 2.43. The monoisotopic (exact) mass is 468 g/mol. The second kappa shape index (κ2) is 9.68. The second-order valence-corrected chi connectivity index (χ2v) is 9.21. The molecule has 182 valence electrons. The molecule has 0 aromatic carbocycles. The first-order valence-electron chi connectivity index (χ1n) is 11.6. The van der Waals surface area contributed by atoms with Crippen molar-refractivity contribution in [3.8, 4) is 5.88 Å². The Kier molecular flexibility index (Phi) is 6.86. The lowest BCUT2D eigenvalue weighted by atomic mass is 9.86. The lowest BCUT2D eigenvalue weighted by molar-refractivity contribution is -0.00146. The van der Waals surface area contributed by atoms with Gasteiger partial charge in [-0.15, -0.1) is 0 Å². The fourth-order valence-electron chi connectivity index (χ4n) is 5.07. The summed E-state index contributed by atoms with van der Waals surface area (Å²) in [6.07, 6.45) is 6.28. The van der Waals surface area contributed by atoms with Crippen LogP contribution in [0.5, 0.6) is 5.88 Å². The van der Waals surface area contributed by atoms with Crippen molar-refractivity contribution < 1.29 is 14.2 Å². The number of aliphatic hydroxyl groups is 1. The van der Waals surface area contributed by atoms with Crippen LogP contribution in [0.1, 0.15) is 48.1 Å². The molecule has 1 spiro atoms. The van der Waals surface area contributed by atoms with E-state index in [0.717, 1.165) is 53.7 Å². The first-order chi connectivity index (χ1) is 16.3. The summed E-state index contributed by atoms with van der Waals surface area (Å²) in [5, 5.41) is 14.8. The summed E-state index contributed by atoms with van der Waals surface area (Å²) in [6, 6.07) is 3.70. The fraction of sp³-hybridized carbons (Fsp3) is 0.480. The lowest BCUT2D eigenvalue weighted by Gasteiger charge is -2.38. The second-order valence-electron chi connectivity index (χ2n) is 9.21. The number of anilines is 1. The van der Waals surface area contributed by atoms with Gasteiger partial charge < -0.3 is 20.9 Å². The minimum atomic E-state index is -0.827. The number of aliphatic imine (C=N–C) groups is 1. The number of allylic oxidation sites excluding steroid dienone is 1. The molecule has 0 radical (unpaired) electrons. The van der Waals surface area contributed by atoms with E-state index in [1.54, 1.807) is 25.5 Å². The average molecular weight is 469 g/mol. The minimum Gasteiger partial charge on any atom is -0.481 e. The number of ether oxygens (including phenoxy) is 1. The number of nitrogens with two attached hydrogens (primary N) is 1. The predicted octanol–water partition coefficient (Wildman–Crippen LogP) is 2.86. The van der Waals surface area contributed by atoms with E-state index in [1.807, 2.05) is 18.7 Å². The lowest BCUT2D eigenvalue weighted by Crippen LogP contribution is -2.47. The van der Waals surface area contributed by atoms with Gasteiger partial charge in [0.2, 0.25) is 5.88 Å². The summed E-state index contributed by atoms with van der Waals surface area (Å²) in [5.41, 5.74) is 9.88. The van der Waals surface area contributed by atoms with Crippen molar-refractivity contribution in [1.82, 2.24) is 14.9 Å². The molecule has 9 heteroatoms. The Balaban J connectivity index is 1.51. The van der Waals surface area contributed by atoms with Crippen molar-refractivity contribution in [1.29, 1.82) is 0 Å². The van der Waals surface area contributed by atoms with Gasteiger partial charge in [0.05, 0.1) is 18.8 Å². The number of hydrogen-bond acceptors (Lipinski definition) is 8. The third kappa shape index (κ3) is 4.50. The molecule has 4 rings (SSSR count). The number of nitrogens with zero attached hydrogens (tertiary/aromatic N) is 4. The molecule has 0 bridgehead atoms. The summed E-state index contributed by atoms with van der Waals surface area (Å²) in [5.74, 6) is 0.331. The summed E-state index contributed by atoms with van der Waals surface area (Å²) in [7, 11) is 3.21. The molecule has 0 amide bonds. The van der Waals surface area contributed by atoms with Gasteiger partial charge in [-0.2, -0.15) is 0 Å². The molecule has 2 aromatic heterocycles. The molecule has 4 heterocycles. The first kappa shape index (κ1) is 24.1. The van der Waals surface area contributed by atoms with Gasteiger partial charge >= 0.3 is 0 Å². The third-order valence-electron chi connectivity index (χ3n) is 7.07. The molecule has 3 atom stereocenters. The number of hydrogen-bond donors (Lipinski definition) is 3. The van der Waals surface area contributed by atoms with Gasteiger partial charge in [0.1, 0.15) is 17.9 Å². The smallest absolute Gasteiger partial charge is 0.213 e. The van der Waals surface area contributed by atoms with Crippen molar-refractivity contribution in [3.63, 3.8) is 0 Å². The number of pyridine rings is 2. The van der Waals surface area contributed by atoms with Crippen molar-refractivity contribution in [2.24, 2.45) is 10.7 Å². The third-order valence-corrected chi connectivity index (χ3v) is 7.07. The van der Waals surface area contributed by atoms with Crippen LogP contribution in [-0.4, -0.2) is 65.2 Å². The van der Waals surface area contributed by atoms with Gasteiger partial charge in [0, 0.05) is 66.9 Å². The van der Waals surface area contributed by atoms with Crippen LogP contribution in [-0.2, 0) is 6.42 Å². The zero-order valence-corrected chi connectivity index (χ0v) is 20.2. The number of rotatable bonds is 6. The van der Waals surface area contributed by atoms with Gasteiger partial charge in [-0.3, -0.25) is 9.89 Å². The zero-order chi connectivity index (χ0) is 24.5. The van der Waals surface area contributed by atoms with E-state index >= 15 is 0 Å². The van der Waals surface area contributed by atoms with Crippen molar-refractivity contribution in [2.45, 2.75) is 50.8 Å². The molecular weight excluding hydrogens is 435 g/mol. The summed E-state index contributed by atoms with van der Waals surface area (Å²) >= 11 is 0. The zero-order valence-electron chi connectivity index (χ0n) is 20.2. The number of halogens is 1. The van der Waals surface area contributed by atoms with Crippen LogP contribution in [0.4, 0.5) is 10.2 Å². The van der Waals surface area contributed by atoms with Crippen LogP contribution in [0, 0.1) is 12.7 Å². The van der Waals surface area contributed by atoms with Crippen molar-refractivity contribution in [2.75, 3.05) is 32.6 Å². The summed E-state index contributed by atoms with van der Waals surface area (Å²) < 4.78 is 19.6. The Morgan fingerprint density at radius 2 is 2.21 bits per heavy atom. The summed E-state index contributed by atoms with van der Waals surface area (Å²) in [4.78, 5) is 14.9. The van der Waals surface area contributed by atoms with Gasteiger partial charge in [0.25, 0.3) is 0 Å². The van der Waals surface area contributed by atoms with Crippen LogP contribution in [0.15, 0.2) is 29.5 Å². The number of aromatic nitrogens is 2. The highest BCUT2D eigenvalue weighted by molar-refractivity contribution is 6.10. The molecule has 4 N–H and O–H groups in total. The normalized spacial score (nSPS) is 22.6. The highest BCUT2D eigenvalue weighted by Crippen LogP contribution is 2.39. The molecule has 1 unspecified atom stereocenters. The molecule has 2 aromatic rings. The largest absolute Gasteiger partial charge is 0.481 e. The SMILES string of the molecule is CN=CC(=CN)c1cc2c(nc1C)N[C@@]1(CC2)CCN(C(O)[C@H](C)c2cc(OC)ncc2F)C1. The Hall–Kier alpha value is -3.04. The van der Waals surface area contributed by atoms with E-state index in [1.165, 1.54) is 7.11 Å². The number of nitrogens with one attached hydrogen (secondary N) is 1. The molecule has 0 aliphatic carbocycles. The van der Waals surface area contributed by atoms with E-state index in [2.05, 4.69) is 21.4 Å². The molecule has 1 fully saturated rings.